The van der Waals surface area contributed by atoms with Crippen molar-refractivity contribution in [3.63, 3.8) is 0 Å². The number of hydrogen-bond donors (Lipinski definition) is 1. The summed E-state index contributed by atoms with van der Waals surface area (Å²) < 4.78 is 16.2. The fourth-order valence-corrected chi connectivity index (χ4v) is 2.65. The highest BCUT2D eigenvalue weighted by atomic mass is 16.5. The minimum Gasteiger partial charge on any atom is -0.497 e. The summed E-state index contributed by atoms with van der Waals surface area (Å²) in [6.07, 6.45) is 0. The summed E-state index contributed by atoms with van der Waals surface area (Å²) >= 11 is 0. The third kappa shape index (κ3) is 2.60. The summed E-state index contributed by atoms with van der Waals surface area (Å²) in [6.45, 7) is 1.35. The molecule has 2 aromatic rings. The van der Waals surface area contributed by atoms with E-state index in [1.54, 1.807) is 14.2 Å². The molecule has 0 aliphatic carbocycles. The van der Waals surface area contributed by atoms with Crippen LogP contribution in [0.5, 0.6) is 11.5 Å². The van der Waals surface area contributed by atoms with E-state index in [-0.39, 0.29) is 6.04 Å². The lowest BCUT2D eigenvalue weighted by atomic mass is 9.95. The number of nitrogens with two attached hydrogens (primary N) is 1. The minimum absolute atomic E-state index is 0.263. The lowest BCUT2D eigenvalue weighted by molar-refractivity contribution is 0.134. The van der Waals surface area contributed by atoms with Crippen LogP contribution in [0.2, 0.25) is 0 Å². The van der Waals surface area contributed by atoms with Gasteiger partial charge in [0.05, 0.1) is 33.5 Å². The molecule has 0 bridgehead atoms. The molecule has 1 aliphatic rings. The highest BCUT2D eigenvalue weighted by molar-refractivity contribution is 5.47. The molecule has 1 atom stereocenters. The van der Waals surface area contributed by atoms with E-state index < -0.39 is 0 Å². The first-order chi connectivity index (χ1) is 10.2. The summed E-state index contributed by atoms with van der Waals surface area (Å²) in [5.41, 5.74) is 10.8. The van der Waals surface area contributed by atoms with Crippen molar-refractivity contribution in [2.75, 3.05) is 14.2 Å². The zero-order chi connectivity index (χ0) is 14.8. The largest absolute Gasteiger partial charge is 0.497 e. The van der Waals surface area contributed by atoms with Crippen LogP contribution in [0.3, 0.4) is 0 Å². The predicted molar refractivity (Wildman–Crippen MR) is 80.5 cm³/mol. The molecule has 1 heterocycles. The van der Waals surface area contributed by atoms with Crippen molar-refractivity contribution in [2.24, 2.45) is 5.73 Å². The summed E-state index contributed by atoms with van der Waals surface area (Å²) in [5.74, 6) is 1.53. The van der Waals surface area contributed by atoms with Crippen LogP contribution in [0.15, 0.2) is 36.4 Å². The van der Waals surface area contributed by atoms with Crippen LogP contribution in [0.4, 0.5) is 0 Å². The average Bonchev–Trinajstić information content (AvgIpc) is 3.01. The molecular formula is C17H19NO3. The molecule has 110 valence electrons. The molecule has 0 saturated heterocycles. The number of methoxy groups -OCH3 is 2. The van der Waals surface area contributed by atoms with Crippen molar-refractivity contribution >= 4 is 0 Å². The second-order valence-corrected chi connectivity index (χ2v) is 5.11. The average molecular weight is 285 g/mol. The van der Waals surface area contributed by atoms with Gasteiger partial charge in [0.25, 0.3) is 0 Å². The Balaban J connectivity index is 1.99. The molecule has 4 nitrogen and oxygen atoms in total. The van der Waals surface area contributed by atoms with Gasteiger partial charge in [-0.3, -0.25) is 0 Å². The van der Waals surface area contributed by atoms with Crippen molar-refractivity contribution in [3.8, 4) is 11.5 Å². The maximum atomic E-state index is 6.43. The first-order valence-corrected chi connectivity index (χ1v) is 6.90. The van der Waals surface area contributed by atoms with Gasteiger partial charge in [0.1, 0.15) is 11.5 Å². The number of rotatable bonds is 4. The second-order valence-electron chi connectivity index (χ2n) is 5.11. The van der Waals surface area contributed by atoms with Crippen LogP contribution in [-0.2, 0) is 18.0 Å². The molecule has 1 aliphatic heterocycles. The van der Waals surface area contributed by atoms with Crippen molar-refractivity contribution < 1.29 is 14.2 Å². The molecule has 0 spiro atoms. The standard InChI is InChI=1S/C17H19NO3/c1-19-14-5-6-16(20-2)15(8-14)17(18)11-3-4-12-9-21-10-13(12)7-11/h3-8,17H,9-10,18H2,1-2H3. The number of hydrogen-bond acceptors (Lipinski definition) is 4. The maximum absolute atomic E-state index is 6.43. The first-order valence-electron chi connectivity index (χ1n) is 6.90. The van der Waals surface area contributed by atoms with Gasteiger partial charge in [0.2, 0.25) is 0 Å². The van der Waals surface area contributed by atoms with Crippen LogP contribution in [0.25, 0.3) is 0 Å². The first kappa shape index (κ1) is 13.9. The molecule has 21 heavy (non-hydrogen) atoms. The quantitative estimate of drug-likeness (QED) is 0.938. The normalized spacial score (nSPS) is 14.6. The summed E-state index contributed by atoms with van der Waals surface area (Å²) in [5, 5.41) is 0. The van der Waals surface area contributed by atoms with Crippen LogP contribution in [0.1, 0.15) is 28.3 Å². The minimum atomic E-state index is -0.263. The van der Waals surface area contributed by atoms with E-state index in [2.05, 4.69) is 18.2 Å². The van der Waals surface area contributed by atoms with E-state index in [4.69, 9.17) is 19.9 Å². The van der Waals surface area contributed by atoms with Gasteiger partial charge in [-0.1, -0.05) is 18.2 Å². The lowest BCUT2D eigenvalue weighted by Gasteiger charge is -2.18. The lowest BCUT2D eigenvalue weighted by Crippen LogP contribution is -2.13. The zero-order valence-corrected chi connectivity index (χ0v) is 12.3. The molecule has 1 unspecified atom stereocenters. The second kappa shape index (κ2) is 5.76. The third-order valence-electron chi connectivity index (χ3n) is 3.88. The topological polar surface area (TPSA) is 53.7 Å². The van der Waals surface area contributed by atoms with Crippen LogP contribution in [0, 0.1) is 0 Å². The smallest absolute Gasteiger partial charge is 0.124 e. The Bertz CT molecular complexity index is 654. The van der Waals surface area contributed by atoms with Crippen molar-refractivity contribution in [3.05, 3.63) is 58.7 Å². The summed E-state index contributed by atoms with van der Waals surface area (Å²) in [6, 6.07) is 11.7. The van der Waals surface area contributed by atoms with Crippen molar-refractivity contribution in [1.82, 2.24) is 0 Å². The Morgan fingerprint density at radius 2 is 1.81 bits per heavy atom. The van der Waals surface area contributed by atoms with E-state index in [1.165, 1.54) is 11.1 Å². The van der Waals surface area contributed by atoms with Crippen molar-refractivity contribution in [2.45, 2.75) is 19.3 Å². The molecule has 4 heteroatoms. The Labute approximate surface area is 124 Å². The van der Waals surface area contributed by atoms with Crippen LogP contribution >= 0.6 is 0 Å². The van der Waals surface area contributed by atoms with Gasteiger partial charge in [-0.15, -0.1) is 0 Å². The van der Waals surface area contributed by atoms with E-state index >= 15 is 0 Å². The van der Waals surface area contributed by atoms with Gasteiger partial charge in [-0.25, -0.2) is 0 Å². The Morgan fingerprint density at radius 3 is 2.57 bits per heavy atom. The van der Waals surface area contributed by atoms with E-state index in [0.717, 1.165) is 22.6 Å². The molecular weight excluding hydrogens is 266 g/mol. The maximum Gasteiger partial charge on any atom is 0.124 e. The molecule has 0 radical (unpaired) electrons. The Hall–Kier alpha value is -2.04. The highest BCUT2D eigenvalue weighted by Crippen LogP contribution is 2.33. The Morgan fingerprint density at radius 1 is 1.00 bits per heavy atom. The highest BCUT2D eigenvalue weighted by Gasteiger charge is 2.18. The molecule has 2 N–H and O–H groups in total. The monoisotopic (exact) mass is 285 g/mol. The van der Waals surface area contributed by atoms with Crippen molar-refractivity contribution in [1.29, 1.82) is 0 Å². The predicted octanol–water partition coefficient (Wildman–Crippen LogP) is 2.78. The summed E-state index contributed by atoms with van der Waals surface area (Å²) in [7, 11) is 3.29. The Kier molecular flexibility index (Phi) is 3.82. The number of benzene rings is 2. The molecule has 0 aromatic heterocycles. The SMILES string of the molecule is COc1ccc(OC)c(C(N)c2ccc3c(c2)COC3)c1. The molecule has 3 rings (SSSR count). The fraction of sp³-hybridized carbons (Fsp3) is 0.294. The number of ether oxygens (including phenoxy) is 3. The third-order valence-corrected chi connectivity index (χ3v) is 3.88. The van der Waals surface area contributed by atoms with Gasteiger partial charge in [0, 0.05) is 5.56 Å². The van der Waals surface area contributed by atoms with Gasteiger partial charge in [-0.2, -0.15) is 0 Å². The zero-order valence-electron chi connectivity index (χ0n) is 12.3. The molecule has 0 fully saturated rings. The van der Waals surface area contributed by atoms with Gasteiger partial charge >= 0.3 is 0 Å². The van der Waals surface area contributed by atoms with E-state index in [0.29, 0.717) is 13.2 Å². The van der Waals surface area contributed by atoms with Gasteiger partial charge < -0.3 is 19.9 Å². The van der Waals surface area contributed by atoms with Gasteiger partial charge in [-0.05, 0) is 34.9 Å². The summed E-state index contributed by atoms with van der Waals surface area (Å²) in [4.78, 5) is 0. The van der Waals surface area contributed by atoms with E-state index in [1.807, 2.05) is 18.2 Å². The molecule has 0 saturated carbocycles. The molecule has 2 aromatic carbocycles. The number of fused-ring (bicyclic) bond motifs is 1. The van der Waals surface area contributed by atoms with Gasteiger partial charge in [0.15, 0.2) is 0 Å². The molecule has 0 amide bonds. The van der Waals surface area contributed by atoms with E-state index in [9.17, 15) is 0 Å². The van der Waals surface area contributed by atoms with Crippen LogP contribution in [-0.4, -0.2) is 14.2 Å². The fourth-order valence-electron chi connectivity index (χ4n) is 2.65. The van der Waals surface area contributed by atoms with Crippen LogP contribution < -0.4 is 15.2 Å².